The van der Waals surface area contributed by atoms with Gasteiger partial charge in [-0.25, -0.2) is 14.8 Å². The predicted octanol–water partition coefficient (Wildman–Crippen LogP) is 2.59. The van der Waals surface area contributed by atoms with Crippen LogP contribution < -0.4 is 0 Å². The summed E-state index contributed by atoms with van der Waals surface area (Å²) in [4.78, 5) is 24.2. The zero-order valence-corrected chi connectivity index (χ0v) is 14.3. The summed E-state index contributed by atoms with van der Waals surface area (Å²) in [6, 6.07) is 9.71. The number of pyridine rings is 2. The molecule has 1 radical (unpaired) electrons. The molecule has 0 saturated heterocycles. The molecule has 0 aliphatic rings. The molecule has 3 heterocycles. The third kappa shape index (κ3) is 5.53. The first kappa shape index (κ1) is 19.4. The van der Waals surface area contributed by atoms with Crippen LogP contribution in [0.4, 0.5) is 8.78 Å². The second kappa shape index (κ2) is 9.49. The van der Waals surface area contributed by atoms with Gasteiger partial charge < -0.3 is 5.11 Å². The number of carboxylic acids is 1. The molecule has 9 heteroatoms. The number of aromatic nitrogens is 4. The van der Waals surface area contributed by atoms with E-state index in [0.29, 0.717) is 5.69 Å². The summed E-state index contributed by atoms with van der Waals surface area (Å²) < 4.78 is 25.5. The third-order valence-corrected chi connectivity index (χ3v) is 2.49. The van der Waals surface area contributed by atoms with E-state index in [9.17, 15) is 13.6 Å². The Hall–Kier alpha value is -2.64. The van der Waals surface area contributed by atoms with Crippen molar-refractivity contribution >= 4 is 5.97 Å². The molecule has 6 nitrogen and oxygen atoms in total. The summed E-state index contributed by atoms with van der Waals surface area (Å²) in [6.07, 6.45) is 3.80. The quantitative estimate of drug-likeness (QED) is 0.573. The molecule has 125 valence electrons. The molecule has 0 amide bonds. The average molecular weight is 508 g/mol. The van der Waals surface area contributed by atoms with Crippen LogP contribution >= 0.6 is 0 Å². The Labute approximate surface area is 149 Å². The fourth-order valence-electron chi connectivity index (χ4n) is 1.51. The van der Waals surface area contributed by atoms with Crippen LogP contribution in [0.25, 0.3) is 11.4 Å². The summed E-state index contributed by atoms with van der Waals surface area (Å²) >= 11 is 0. The Morgan fingerprint density at radius 1 is 0.958 bits per heavy atom. The smallest absolute Gasteiger partial charge is 0.354 e. The van der Waals surface area contributed by atoms with Crippen LogP contribution in [0.1, 0.15) is 10.5 Å². The number of carbonyl (C=O) groups is 1. The third-order valence-electron chi connectivity index (χ3n) is 2.49. The van der Waals surface area contributed by atoms with Crippen LogP contribution in [0.2, 0.25) is 0 Å². The molecule has 24 heavy (non-hydrogen) atoms. The number of carboxylic acid groups (broad SMARTS) is 1. The van der Waals surface area contributed by atoms with Crippen LogP contribution in [0.5, 0.6) is 0 Å². The van der Waals surface area contributed by atoms with Crippen LogP contribution in [0.15, 0.2) is 55.0 Å². The Balaban J connectivity index is 0.000000252. The summed E-state index contributed by atoms with van der Waals surface area (Å²) in [6.45, 7) is 0. The zero-order chi connectivity index (χ0) is 16.7. The molecule has 0 aliphatic heterocycles. The van der Waals surface area contributed by atoms with Crippen molar-refractivity contribution in [1.29, 1.82) is 0 Å². The minimum Gasteiger partial charge on any atom is -0.477 e. The molecular weight excluding hydrogens is 498 g/mol. The minimum atomic E-state index is -0.990. The van der Waals surface area contributed by atoms with Gasteiger partial charge in [-0.2, -0.15) is 13.8 Å². The molecule has 3 aromatic rings. The summed E-state index contributed by atoms with van der Waals surface area (Å²) in [5.74, 6) is -2.89. The Bertz CT molecular complexity index is 792. The zero-order valence-electron chi connectivity index (χ0n) is 11.9. The van der Waals surface area contributed by atoms with Gasteiger partial charge in [-0.1, -0.05) is 12.1 Å². The Morgan fingerprint density at radius 3 is 2.08 bits per heavy atom. The first-order chi connectivity index (χ1) is 11.1. The van der Waals surface area contributed by atoms with Crippen molar-refractivity contribution in [3.63, 3.8) is 0 Å². The van der Waals surface area contributed by atoms with Crippen molar-refractivity contribution in [2.75, 3.05) is 0 Å². The maximum absolute atomic E-state index is 13.1. The van der Waals surface area contributed by atoms with Crippen molar-refractivity contribution in [2.24, 2.45) is 0 Å². The predicted molar refractivity (Wildman–Crippen MR) is 76.4 cm³/mol. The minimum absolute atomic E-state index is 0. The first-order valence-corrected chi connectivity index (χ1v) is 6.31. The van der Waals surface area contributed by atoms with Gasteiger partial charge in [0.2, 0.25) is 11.9 Å². The number of aromatic carboxylic acids is 1. The normalized spacial score (nSPS) is 9.25. The van der Waals surface area contributed by atoms with E-state index in [1.165, 1.54) is 18.5 Å². The van der Waals surface area contributed by atoms with Gasteiger partial charge in [0.15, 0.2) is 0 Å². The van der Waals surface area contributed by atoms with Crippen molar-refractivity contribution in [3.05, 3.63) is 72.6 Å². The summed E-state index contributed by atoms with van der Waals surface area (Å²) in [5.41, 5.74) is 0.363. The number of hydrogen-bond donors (Lipinski definition) is 1. The summed E-state index contributed by atoms with van der Waals surface area (Å²) in [5, 5.41) is 8.32. The van der Waals surface area contributed by atoms with E-state index in [0.717, 1.165) is 6.20 Å². The van der Waals surface area contributed by atoms with Gasteiger partial charge >= 0.3 is 5.97 Å². The molecule has 0 atom stereocenters. The number of nitrogens with zero attached hydrogens (tertiary/aromatic N) is 4. The van der Waals surface area contributed by atoms with Gasteiger partial charge in [-0.15, -0.1) is 0 Å². The molecule has 0 aromatic carbocycles. The second-order valence-corrected chi connectivity index (χ2v) is 4.07. The van der Waals surface area contributed by atoms with E-state index in [-0.39, 0.29) is 31.5 Å². The van der Waals surface area contributed by atoms with E-state index in [1.807, 2.05) is 0 Å². The molecule has 0 unspecified atom stereocenters. The largest absolute Gasteiger partial charge is 0.477 e. The maximum atomic E-state index is 13.1. The Kier molecular flexibility index (Phi) is 7.67. The van der Waals surface area contributed by atoms with Crippen LogP contribution in [-0.4, -0.2) is 31.0 Å². The average Bonchev–Trinajstić information content (AvgIpc) is 2.57. The van der Waals surface area contributed by atoms with Crippen molar-refractivity contribution in [2.45, 2.75) is 0 Å². The molecule has 0 saturated carbocycles. The fourth-order valence-corrected chi connectivity index (χ4v) is 1.51. The van der Waals surface area contributed by atoms with Gasteiger partial charge in [-0.05, 0) is 24.3 Å². The van der Waals surface area contributed by atoms with Gasteiger partial charge in [-0.3, -0.25) is 4.98 Å². The summed E-state index contributed by atoms with van der Waals surface area (Å²) in [7, 11) is 0. The molecule has 0 fully saturated rings. The van der Waals surface area contributed by atoms with E-state index >= 15 is 0 Å². The molecule has 1 N–H and O–H groups in total. The van der Waals surface area contributed by atoms with Crippen molar-refractivity contribution in [3.8, 4) is 11.4 Å². The fraction of sp³-hybridized carbons (Fsp3) is 0. The topological polar surface area (TPSA) is 88.9 Å². The van der Waals surface area contributed by atoms with Crippen LogP contribution in [0.3, 0.4) is 0 Å². The van der Waals surface area contributed by atoms with E-state index < -0.39 is 17.9 Å². The maximum Gasteiger partial charge on any atom is 0.354 e. The number of hydrogen-bond acceptors (Lipinski definition) is 5. The van der Waals surface area contributed by atoms with Gasteiger partial charge in [0.05, 0.1) is 11.9 Å². The second-order valence-electron chi connectivity index (χ2n) is 4.07. The SMILES string of the molecule is Fc1cnc(-c2ccccn2)c(F)n1.O=C(O)c1ccccn1.[Ir]. The first-order valence-electron chi connectivity index (χ1n) is 6.31. The molecule has 0 aliphatic carbocycles. The number of rotatable bonds is 2. The standard InChI is InChI=1S/C9H5F2N3.C6H5NO2.Ir/c10-7-5-13-8(9(11)14-7)6-3-1-2-4-12-6;8-6(9)5-3-1-2-4-7-5;/h1-5H;1-4H,(H,8,9);. The van der Waals surface area contributed by atoms with Crippen molar-refractivity contribution < 1.29 is 38.8 Å². The molecule has 3 rings (SSSR count). The molecule has 0 spiro atoms. The van der Waals surface area contributed by atoms with Crippen molar-refractivity contribution in [1.82, 2.24) is 19.9 Å². The van der Waals surface area contributed by atoms with E-state index in [2.05, 4.69) is 19.9 Å². The van der Waals surface area contributed by atoms with E-state index in [1.54, 1.807) is 30.3 Å². The van der Waals surface area contributed by atoms with Gasteiger partial charge in [0.1, 0.15) is 11.4 Å². The van der Waals surface area contributed by atoms with Gasteiger partial charge in [0, 0.05) is 32.5 Å². The number of halogens is 2. The van der Waals surface area contributed by atoms with E-state index in [4.69, 9.17) is 5.11 Å². The molecule has 3 aromatic heterocycles. The molecule has 0 bridgehead atoms. The molecular formula is C15H10F2IrN4O2. The van der Waals surface area contributed by atoms with Crippen LogP contribution in [-0.2, 0) is 20.1 Å². The van der Waals surface area contributed by atoms with Gasteiger partial charge in [0.25, 0.3) is 0 Å². The van der Waals surface area contributed by atoms with Crippen LogP contribution in [0, 0.1) is 11.9 Å². The monoisotopic (exact) mass is 509 g/mol. The Morgan fingerprint density at radius 2 is 1.62 bits per heavy atom.